The highest BCUT2D eigenvalue weighted by Gasteiger charge is 2.16. The highest BCUT2D eigenvalue weighted by atomic mass is 79.9. The first-order valence-electron chi connectivity index (χ1n) is 6.72. The van der Waals surface area contributed by atoms with Gasteiger partial charge >= 0.3 is 0 Å². The van der Waals surface area contributed by atoms with Gasteiger partial charge in [0, 0.05) is 11.1 Å². The molecule has 100 valence electrons. The third-order valence-corrected chi connectivity index (χ3v) is 4.23. The molecule has 1 heterocycles. The van der Waals surface area contributed by atoms with Crippen molar-refractivity contribution in [3.63, 3.8) is 0 Å². The van der Waals surface area contributed by atoms with E-state index in [1.54, 1.807) is 0 Å². The van der Waals surface area contributed by atoms with Gasteiger partial charge in [-0.2, -0.15) is 0 Å². The van der Waals surface area contributed by atoms with Crippen LogP contribution in [0.1, 0.15) is 49.3 Å². The molecule has 0 spiro atoms. The molecule has 2 nitrogen and oxygen atoms in total. The van der Waals surface area contributed by atoms with Gasteiger partial charge in [-0.15, -0.1) is 0 Å². The predicted octanol–water partition coefficient (Wildman–Crippen LogP) is 4.14. The number of aryl methyl sites for hydroxylation is 1. The normalized spacial score (nSPS) is 21.2. The largest absolute Gasteiger partial charge is 0.388 e. The maximum Gasteiger partial charge on any atom is 0.0801 e. The van der Waals surface area contributed by atoms with Gasteiger partial charge in [0.1, 0.15) is 0 Å². The average Bonchev–Trinajstić information content (AvgIpc) is 2.81. The maximum absolute atomic E-state index is 10.2. The van der Waals surface area contributed by atoms with Gasteiger partial charge in [-0.3, -0.25) is 0 Å². The van der Waals surface area contributed by atoms with Gasteiger partial charge in [0.2, 0.25) is 0 Å². The number of aliphatic hydroxyl groups excluding tert-OH is 1. The van der Waals surface area contributed by atoms with Crippen LogP contribution in [0.25, 0.3) is 0 Å². The van der Waals surface area contributed by atoms with Crippen molar-refractivity contribution in [1.82, 2.24) is 0 Å². The van der Waals surface area contributed by atoms with Crippen molar-refractivity contribution in [3.8, 4) is 0 Å². The number of halogens is 1. The predicted molar refractivity (Wildman–Crippen MR) is 76.7 cm³/mol. The van der Waals surface area contributed by atoms with Crippen molar-refractivity contribution in [1.29, 1.82) is 0 Å². The van der Waals surface area contributed by atoms with E-state index in [-0.39, 0.29) is 6.10 Å². The molecule has 18 heavy (non-hydrogen) atoms. The first-order chi connectivity index (χ1) is 8.66. The van der Waals surface area contributed by atoms with Crippen LogP contribution in [0.3, 0.4) is 0 Å². The highest BCUT2D eigenvalue weighted by molar-refractivity contribution is 9.10. The molecule has 1 saturated heterocycles. The lowest BCUT2D eigenvalue weighted by Gasteiger charge is -2.15. The molecule has 1 aromatic rings. The fourth-order valence-electron chi connectivity index (χ4n) is 2.47. The summed E-state index contributed by atoms with van der Waals surface area (Å²) in [6.45, 7) is 2.97. The highest BCUT2D eigenvalue weighted by Crippen LogP contribution is 2.28. The molecule has 0 bridgehead atoms. The van der Waals surface area contributed by atoms with E-state index in [2.05, 4.69) is 28.9 Å². The molecule has 2 rings (SSSR count). The molecule has 1 aliphatic heterocycles. The van der Waals surface area contributed by atoms with Crippen LogP contribution in [-0.2, 0) is 4.74 Å². The molecule has 0 aliphatic carbocycles. The molecular formula is C15H21BrO2. The molecule has 0 radical (unpaired) electrons. The van der Waals surface area contributed by atoms with Crippen LogP contribution in [0.2, 0.25) is 0 Å². The van der Waals surface area contributed by atoms with E-state index in [9.17, 15) is 5.11 Å². The summed E-state index contributed by atoms with van der Waals surface area (Å²) in [5.41, 5.74) is 2.20. The Morgan fingerprint density at radius 3 is 3.00 bits per heavy atom. The summed E-state index contributed by atoms with van der Waals surface area (Å²) in [5.74, 6) is 0. The second-order valence-corrected chi connectivity index (χ2v) is 5.96. The lowest BCUT2D eigenvalue weighted by atomic mass is 10.0. The van der Waals surface area contributed by atoms with Crippen molar-refractivity contribution >= 4 is 15.9 Å². The molecule has 1 aliphatic rings. The van der Waals surface area contributed by atoms with Gasteiger partial charge in [0.05, 0.1) is 12.2 Å². The molecule has 1 fully saturated rings. The Balaban J connectivity index is 1.81. The Hall–Kier alpha value is -0.380. The minimum atomic E-state index is -0.374. The SMILES string of the molecule is Cc1ccc(C(O)CCCC2CCCO2)c(Br)c1. The van der Waals surface area contributed by atoms with E-state index in [1.165, 1.54) is 18.4 Å². The number of hydrogen-bond acceptors (Lipinski definition) is 2. The van der Waals surface area contributed by atoms with E-state index in [4.69, 9.17) is 4.74 Å². The monoisotopic (exact) mass is 312 g/mol. The van der Waals surface area contributed by atoms with Crippen LogP contribution >= 0.6 is 15.9 Å². The van der Waals surface area contributed by atoms with Gasteiger partial charge in [0.15, 0.2) is 0 Å². The van der Waals surface area contributed by atoms with Crippen LogP contribution in [0.4, 0.5) is 0 Å². The lowest BCUT2D eigenvalue weighted by molar-refractivity contribution is 0.0944. The van der Waals surface area contributed by atoms with Crippen molar-refractivity contribution in [2.24, 2.45) is 0 Å². The summed E-state index contributed by atoms with van der Waals surface area (Å²) in [6.07, 6.45) is 5.33. The van der Waals surface area contributed by atoms with Gasteiger partial charge in [-0.25, -0.2) is 0 Å². The van der Waals surface area contributed by atoms with E-state index in [1.807, 2.05) is 12.1 Å². The molecule has 0 amide bonds. The fourth-order valence-corrected chi connectivity index (χ4v) is 3.23. The minimum Gasteiger partial charge on any atom is -0.388 e. The third kappa shape index (κ3) is 3.81. The molecule has 2 unspecified atom stereocenters. The lowest BCUT2D eigenvalue weighted by Crippen LogP contribution is -2.06. The Kier molecular flexibility index (Phi) is 5.22. The van der Waals surface area contributed by atoms with E-state index < -0.39 is 0 Å². The molecule has 0 aromatic heterocycles. The molecular weight excluding hydrogens is 292 g/mol. The fraction of sp³-hybridized carbons (Fsp3) is 0.600. The van der Waals surface area contributed by atoms with Crippen LogP contribution in [0.15, 0.2) is 22.7 Å². The Morgan fingerprint density at radius 2 is 2.33 bits per heavy atom. The zero-order valence-corrected chi connectivity index (χ0v) is 12.4. The Labute approximate surface area is 117 Å². The summed E-state index contributed by atoms with van der Waals surface area (Å²) in [6, 6.07) is 6.11. The first kappa shape index (κ1) is 14.0. The summed E-state index contributed by atoms with van der Waals surface area (Å²) < 4.78 is 6.60. The molecule has 2 atom stereocenters. The molecule has 1 aromatic carbocycles. The van der Waals surface area contributed by atoms with Gasteiger partial charge in [0.25, 0.3) is 0 Å². The van der Waals surface area contributed by atoms with Crippen LogP contribution in [-0.4, -0.2) is 17.8 Å². The van der Waals surface area contributed by atoms with Crippen LogP contribution < -0.4 is 0 Å². The number of ether oxygens (including phenoxy) is 1. The zero-order valence-electron chi connectivity index (χ0n) is 10.9. The van der Waals surface area contributed by atoms with Crippen LogP contribution in [0.5, 0.6) is 0 Å². The quantitative estimate of drug-likeness (QED) is 0.885. The summed E-state index contributed by atoms with van der Waals surface area (Å²) in [4.78, 5) is 0. The van der Waals surface area contributed by atoms with Crippen molar-refractivity contribution in [2.45, 2.75) is 51.2 Å². The van der Waals surface area contributed by atoms with E-state index in [0.29, 0.717) is 6.10 Å². The van der Waals surface area contributed by atoms with Gasteiger partial charge < -0.3 is 9.84 Å². The topological polar surface area (TPSA) is 29.5 Å². The number of aliphatic hydroxyl groups is 1. The number of benzene rings is 1. The Morgan fingerprint density at radius 1 is 1.50 bits per heavy atom. The standard InChI is InChI=1S/C15H21BrO2/c1-11-7-8-13(14(16)10-11)15(17)6-2-4-12-5-3-9-18-12/h7-8,10,12,15,17H,2-6,9H2,1H3. The van der Waals surface area contributed by atoms with Gasteiger partial charge in [-0.1, -0.05) is 28.1 Å². The first-order valence-corrected chi connectivity index (χ1v) is 7.52. The Bertz CT molecular complexity index is 386. The van der Waals surface area contributed by atoms with Crippen molar-refractivity contribution in [2.75, 3.05) is 6.61 Å². The third-order valence-electron chi connectivity index (χ3n) is 3.54. The average molecular weight is 313 g/mol. The van der Waals surface area contributed by atoms with Crippen molar-refractivity contribution in [3.05, 3.63) is 33.8 Å². The van der Waals surface area contributed by atoms with E-state index in [0.717, 1.165) is 35.9 Å². The van der Waals surface area contributed by atoms with Crippen LogP contribution in [0, 0.1) is 6.92 Å². The van der Waals surface area contributed by atoms with Crippen molar-refractivity contribution < 1.29 is 9.84 Å². The summed E-state index contributed by atoms with van der Waals surface area (Å²) >= 11 is 3.52. The summed E-state index contributed by atoms with van der Waals surface area (Å²) in [7, 11) is 0. The second kappa shape index (κ2) is 6.69. The maximum atomic E-state index is 10.2. The molecule has 3 heteroatoms. The van der Waals surface area contributed by atoms with Gasteiger partial charge in [-0.05, 0) is 56.2 Å². The smallest absolute Gasteiger partial charge is 0.0801 e. The summed E-state index contributed by atoms with van der Waals surface area (Å²) in [5, 5.41) is 10.2. The molecule has 1 N–H and O–H groups in total. The number of rotatable bonds is 5. The second-order valence-electron chi connectivity index (χ2n) is 5.11. The zero-order chi connectivity index (χ0) is 13.0. The number of hydrogen-bond donors (Lipinski definition) is 1. The molecule has 0 saturated carbocycles. The minimum absolute atomic E-state index is 0.374. The van der Waals surface area contributed by atoms with E-state index >= 15 is 0 Å².